The van der Waals surface area contributed by atoms with Gasteiger partial charge < -0.3 is 10.5 Å². The average molecular weight is 212 g/mol. The molecule has 0 saturated carbocycles. The van der Waals surface area contributed by atoms with Gasteiger partial charge in [0.15, 0.2) is 0 Å². The van der Waals surface area contributed by atoms with Crippen molar-refractivity contribution < 1.29 is 4.74 Å². The molecule has 2 aromatic rings. The third-order valence-electron chi connectivity index (χ3n) is 2.57. The van der Waals surface area contributed by atoms with E-state index in [9.17, 15) is 0 Å². The van der Waals surface area contributed by atoms with E-state index in [1.807, 2.05) is 42.5 Å². The van der Waals surface area contributed by atoms with E-state index in [2.05, 4.69) is 0 Å². The molecule has 0 heterocycles. The molecular formula is C13H12N2O. The maximum Gasteiger partial charge on any atom is 0.119 e. The van der Waals surface area contributed by atoms with Crippen molar-refractivity contribution >= 4 is 10.8 Å². The Morgan fingerprint density at radius 2 is 1.88 bits per heavy atom. The molecule has 1 atom stereocenters. The summed E-state index contributed by atoms with van der Waals surface area (Å²) in [7, 11) is 1.64. The van der Waals surface area contributed by atoms with Crippen molar-refractivity contribution in [2.24, 2.45) is 5.73 Å². The van der Waals surface area contributed by atoms with E-state index in [4.69, 9.17) is 15.7 Å². The number of hydrogen-bond acceptors (Lipinski definition) is 3. The zero-order chi connectivity index (χ0) is 11.5. The van der Waals surface area contributed by atoms with Crippen LogP contribution in [0.15, 0.2) is 36.4 Å². The van der Waals surface area contributed by atoms with Gasteiger partial charge in [0.25, 0.3) is 0 Å². The minimum atomic E-state index is -0.563. The summed E-state index contributed by atoms with van der Waals surface area (Å²) in [6.07, 6.45) is 0. The van der Waals surface area contributed by atoms with Crippen molar-refractivity contribution in [2.75, 3.05) is 7.11 Å². The number of fused-ring (bicyclic) bond motifs is 1. The molecule has 2 rings (SSSR count). The summed E-state index contributed by atoms with van der Waals surface area (Å²) < 4.78 is 5.14. The van der Waals surface area contributed by atoms with Crippen LogP contribution >= 0.6 is 0 Å². The lowest BCUT2D eigenvalue weighted by Crippen LogP contribution is -2.06. The van der Waals surface area contributed by atoms with Gasteiger partial charge in [0, 0.05) is 0 Å². The molecular weight excluding hydrogens is 200 g/mol. The molecule has 3 heteroatoms. The summed E-state index contributed by atoms with van der Waals surface area (Å²) in [6.45, 7) is 0. The lowest BCUT2D eigenvalue weighted by molar-refractivity contribution is 0.415. The monoisotopic (exact) mass is 212 g/mol. The van der Waals surface area contributed by atoms with E-state index in [1.165, 1.54) is 0 Å². The predicted octanol–water partition coefficient (Wildman–Crippen LogP) is 2.37. The molecule has 2 N–H and O–H groups in total. The van der Waals surface area contributed by atoms with E-state index in [1.54, 1.807) is 7.11 Å². The molecule has 0 bridgehead atoms. The van der Waals surface area contributed by atoms with Gasteiger partial charge in [0.05, 0.1) is 13.2 Å². The zero-order valence-electron chi connectivity index (χ0n) is 8.97. The molecule has 0 fully saturated rings. The lowest BCUT2D eigenvalue weighted by Gasteiger charge is -2.06. The highest BCUT2D eigenvalue weighted by Crippen LogP contribution is 2.23. The highest BCUT2D eigenvalue weighted by atomic mass is 16.5. The standard InChI is InChI=1S/C13H12N2O/c1-16-12-5-4-9-6-11(13(15)8-14)3-2-10(9)7-12/h2-7,13H,15H2,1H3. The van der Waals surface area contributed by atoms with Crippen molar-refractivity contribution in [1.29, 1.82) is 5.26 Å². The Bertz CT molecular complexity index is 557. The molecule has 0 aromatic heterocycles. The van der Waals surface area contributed by atoms with Gasteiger partial charge in [-0.05, 0) is 34.5 Å². The van der Waals surface area contributed by atoms with Crippen LogP contribution in [0.3, 0.4) is 0 Å². The topological polar surface area (TPSA) is 59.0 Å². The van der Waals surface area contributed by atoms with E-state index in [0.29, 0.717) is 0 Å². The SMILES string of the molecule is COc1ccc2cc(C(N)C#N)ccc2c1. The number of nitrogens with zero attached hydrogens (tertiary/aromatic N) is 1. The Morgan fingerprint density at radius 3 is 2.56 bits per heavy atom. The molecule has 0 amide bonds. The number of nitriles is 1. The molecule has 0 spiro atoms. The Kier molecular flexibility index (Phi) is 2.76. The summed E-state index contributed by atoms with van der Waals surface area (Å²) >= 11 is 0. The quantitative estimate of drug-likeness (QED) is 0.831. The molecule has 0 radical (unpaired) electrons. The third kappa shape index (κ3) is 1.83. The third-order valence-corrected chi connectivity index (χ3v) is 2.57. The number of benzene rings is 2. The van der Waals surface area contributed by atoms with Crippen LogP contribution in [-0.4, -0.2) is 7.11 Å². The first-order chi connectivity index (χ1) is 7.74. The van der Waals surface area contributed by atoms with Gasteiger partial charge in [-0.15, -0.1) is 0 Å². The van der Waals surface area contributed by atoms with Gasteiger partial charge in [-0.1, -0.05) is 18.2 Å². The van der Waals surface area contributed by atoms with Gasteiger partial charge in [0.2, 0.25) is 0 Å². The molecule has 3 nitrogen and oxygen atoms in total. The first-order valence-corrected chi connectivity index (χ1v) is 4.97. The second-order valence-electron chi connectivity index (χ2n) is 3.58. The molecule has 1 unspecified atom stereocenters. The summed E-state index contributed by atoms with van der Waals surface area (Å²) in [4.78, 5) is 0. The van der Waals surface area contributed by atoms with Crippen molar-refractivity contribution in [3.8, 4) is 11.8 Å². The van der Waals surface area contributed by atoms with Gasteiger partial charge in [-0.2, -0.15) is 5.26 Å². The molecule has 0 saturated heterocycles. The van der Waals surface area contributed by atoms with Crippen molar-refractivity contribution in [3.63, 3.8) is 0 Å². The van der Waals surface area contributed by atoms with Crippen LogP contribution in [-0.2, 0) is 0 Å². The molecule has 0 aliphatic rings. The number of nitrogens with two attached hydrogens (primary N) is 1. The minimum Gasteiger partial charge on any atom is -0.497 e. The largest absolute Gasteiger partial charge is 0.497 e. The van der Waals surface area contributed by atoms with Crippen LogP contribution in [0.5, 0.6) is 5.75 Å². The summed E-state index contributed by atoms with van der Waals surface area (Å²) in [5, 5.41) is 10.9. The predicted molar refractivity (Wildman–Crippen MR) is 63.0 cm³/mol. The van der Waals surface area contributed by atoms with Gasteiger partial charge in [0.1, 0.15) is 11.8 Å². The Morgan fingerprint density at radius 1 is 1.19 bits per heavy atom. The van der Waals surface area contributed by atoms with Crippen LogP contribution < -0.4 is 10.5 Å². The van der Waals surface area contributed by atoms with Crippen molar-refractivity contribution in [2.45, 2.75) is 6.04 Å². The Balaban J connectivity index is 2.52. The maximum atomic E-state index is 8.75. The Labute approximate surface area is 94.1 Å². The fourth-order valence-corrected chi connectivity index (χ4v) is 1.64. The fourth-order valence-electron chi connectivity index (χ4n) is 1.64. The Hall–Kier alpha value is -2.05. The summed E-state index contributed by atoms with van der Waals surface area (Å²) in [6, 6.07) is 13.0. The average Bonchev–Trinajstić information content (AvgIpc) is 2.36. The highest BCUT2D eigenvalue weighted by molar-refractivity contribution is 5.84. The molecule has 16 heavy (non-hydrogen) atoms. The minimum absolute atomic E-state index is 0.563. The second-order valence-corrected chi connectivity index (χ2v) is 3.58. The highest BCUT2D eigenvalue weighted by Gasteiger charge is 2.05. The van der Waals surface area contributed by atoms with Crippen LogP contribution in [0.4, 0.5) is 0 Å². The maximum absolute atomic E-state index is 8.75. The van der Waals surface area contributed by atoms with Gasteiger partial charge >= 0.3 is 0 Å². The van der Waals surface area contributed by atoms with Crippen LogP contribution in [0.2, 0.25) is 0 Å². The lowest BCUT2D eigenvalue weighted by atomic mass is 10.0. The number of methoxy groups -OCH3 is 1. The molecule has 0 aliphatic heterocycles. The molecule has 0 aliphatic carbocycles. The fraction of sp³-hybridized carbons (Fsp3) is 0.154. The van der Waals surface area contributed by atoms with E-state index >= 15 is 0 Å². The number of rotatable bonds is 2. The van der Waals surface area contributed by atoms with Crippen LogP contribution in [0.25, 0.3) is 10.8 Å². The molecule has 80 valence electrons. The summed E-state index contributed by atoms with van der Waals surface area (Å²) in [5.74, 6) is 0.824. The van der Waals surface area contributed by atoms with Crippen molar-refractivity contribution in [3.05, 3.63) is 42.0 Å². The smallest absolute Gasteiger partial charge is 0.119 e. The number of hydrogen-bond donors (Lipinski definition) is 1. The van der Waals surface area contributed by atoms with Crippen LogP contribution in [0.1, 0.15) is 11.6 Å². The van der Waals surface area contributed by atoms with Crippen molar-refractivity contribution in [1.82, 2.24) is 0 Å². The van der Waals surface area contributed by atoms with Gasteiger partial charge in [-0.3, -0.25) is 0 Å². The first kappa shape index (κ1) is 10.5. The van der Waals surface area contributed by atoms with E-state index in [-0.39, 0.29) is 0 Å². The van der Waals surface area contributed by atoms with E-state index < -0.39 is 6.04 Å². The summed E-state index contributed by atoms with van der Waals surface area (Å²) in [5.41, 5.74) is 6.49. The normalized spacial score (nSPS) is 12.1. The molecule has 2 aromatic carbocycles. The van der Waals surface area contributed by atoms with Gasteiger partial charge in [-0.25, -0.2) is 0 Å². The number of ether oxygens (including phenoxy) is 1. The second kappa shape index (κ2) is 4.21. The van der Waals surface area contributed by atoms with Crippen LogP contribution in [0, 0.1) is 11.3 Å². The first-order valence-electron chi connectivity index (χ1n) is 4.97. The van der Waals surface area contributed by atoms with E-state index in [0.717, 1.165) is 22.1 Å². The zero-order valence-corrected chi connectivity index (χ0v) is 8.97.